The number of nitrogens with two attached hydrogens (primary N) is 1. The molecule has 5 heteroatoms. The summed E-state index contributed by atoms with van der Waals surface area (Å²) in [4.78, 5) is 1.23. The number of aliphatic hydroxyl groups is 3. The van der Waals surface area contributed by atoms with Crippen LogP contribution < -0.4 is 5.73 Å². The third-order valence-electron chi connectivity index (χ3n) is 2.80. The Morgan fingerprint density at radius 1 is 1.00 bits per heavy atom. The highest BCUT2D eigenvalue weighted by Crippen LogP contribution is 2.22. The zero-order valence-electron chi connectivity index (χ0n) is 11.3. The first-order chi connectivity index (χ1) is 7.90. The number of rotatable bonds is 9. The third kappa shape index (κ3) is 5.31. The van der Waals surface area contributed by atoms with E-state index in [4.69, 9.17) is 5.73 Å². The molecule has 3 atom stereocenters. The van der Waals surface area contributed by atoms with Gasteiger partial charge < -0.3 is 15.3 Å². The lowest BCUT2D eigenvalue weighted by molar-refractivity contribution is -0.239. The Hall–Kier alpha value is -0.200. The summed E-state index contributed by atoms with van der Waals surface area (Å²) in [5.41, 5.74) is 5.80. The van der Waals surface area contributed by atoms with E-state index in [0.717, 1.165) is 12.8 Å². The predicted octanol–water partition coefficient (Wildman–Crippen LogP) is 0.930. The average Bonchev–Trinajstić information content (AvgIpc) is 2.17. The van der Waals surface area contributed by atoms with Crippen LogP contribution in [0.3, 0.4) is 0 Å². The van der Waals surface area contributed by atoms with E-state index < -0.39 is 18.3 Å². The van der Waals surface area contributed by atoms with E-state index in [-0.39, 0.29) is 0 Å². The molecule has 0 fully saturated rings. The third-order valence-corrected chi connectivity index (χ3v) is 2.80. The molecular weight excluding hydrogens is 220 g/mol. The van der Waals surface area contributed by atoms with Gasteiger partial charge in [-0.2, -0.15) is 0 Å². The summed E-state index contributed by atoms with van der Waals surface area (Å²) < 4.78 is 0. The zero-order chi connectivity index (χ0) is 13.5. The Labute approximate surface area is 104 Å². The van der Waals surface area contributed by atoms with Crippen molar-refractivity contribution in [2.45, 2.75) is 77.6 Å². The largest absolute Gasteiger partial charge is 0.378 e. The molecule has 5 nitrogen and oxygen atoms in total. The maximum absolute atomic E-state index is 10.2. The lowest BCUT2D eigenvalue weighted by Gasteiger charge is -2.42. The Morgan fingerprint density at radius 2 is 1.41 bits per heavy atom. The van der Waals surface area contributed by atoms with Crippen molar-refractivity contribution < 1.29 is 15.3 Å². The van der Waals surface area contributed by atoms with Crippen LogP contribution in [-0.2, 0) is 0 Å². The molecule has 0 saturated carbocycles. The molecule has 0 aliphatic carbocycles. The zero-order valence-corrected chi connectivity index (χ0v) is 11.3. The summed E-state index contributed by atoms with van der Waals surface area (Å²) in [6, 6.07) is 0. The van der Waals surface area contributed by atoms with Gasteiger partial charge in [0.1, 0.15) is 12.5 Å². The first kappa shape index (κ1) is 16.8. The van der Waals surface area contributed by atoms with E-state index in [9.17, 15) is 15.3 Å². The van der Waals surface area contributed by atoms with Gasteiger partial charge in [-0.1, -0.05) is 40.0 Å². The van der Waals surface area contributed by atoms with Crippen LogP contribution in [0.2, 0.25) is 0 Å². The standard InChI is InChI=1S/C12H28N2O3/c1-4-7-10(15)14(11(16)8-5-2)12(13,17)9-6-3/h10-11,15-17H,4-9,13H2,1-3H3. The second-order valence-corrected chi connectivity index (χ2v) is 4.57. The predicted molar refractivity (Wildman–Crippen MR) is 67.7 cm³/mol. The van der Waals surface area contributed by atoms with Crippen LogP contribution in [-0.4, -0.2) is 38.5 Å². The van der Waals surface area contributed by atoms with Crippen molar-refractivity contribution in [1.29, 1.82) is 0 Å². The van der Waals surface area contributed by atoms with Gasteiger partial charge in [0.2, 0.25) is 0 Å². The fourth-order valence-corrected chi connectivity index (χ4v) is 2.01. The van der Waals surface area contributed by atoms with Crippen molar-refractivity contribution >= 4 is 0 Å². The maximum Gasteiger partial charge on any atom is 0.175 e. The molecule has 0 aliphatic heterocycles. The van der Waals surface area contributed by atoms with Crippen molar-refractivity contribution in [1.82, 2.24) is 4.90 Å². The van der Waals surface area contributed by atoms with Gasteiger partial charge in [0, 0.05) is 6.42 Å². The highest BCUT2D eigenvalue weighted by atomic mass is 16.4. The first-order valence-corrected chi connectivity index (χ1v) is 6.56. The van der Waals surface area contributed by atoms with Crippen LogP contribution in [0.5, 0.6) is 0 Å². The Bertz CT molecular complexity index is 188. The van der Waals surface area contributed by atoms with Gasteiger partial charge >= 0.3 is 0 Å². The number of nitrogens with zero attached hydrogens (tertiary/aromatic N) is 1. The summed E-state index contributed by atoms with van der Waals surface area (Å²) in [5.74, 6) is -1.65. The van der Waals surface area contributed by atoms with Crippen LogP contribution in [0.15, 0.2) is 0 Å². The van der Waals surface area contributed by atoms with Gasteiger partial charge in [0.15, 0.2) is 5.85 Å². The van der Waals surface area contributed by atoms with Crippen molar-refractivity contribution in [3.63, 3.8) is 0 Å². The minimum atomic E-state index is -1.65. The Kier molecular flexibility index (Phi) is 7.91. The normalized spacial score (nSPS) is 19.1. The van der Waals surface area contributed by atoms with Gasteiger partial charge in [0.25, 0.3) is 0 Å². The number of hydrogen-bond acceptors (Lipinski definition) is 5. The molecule has 0 heterocycles. The van der Waals surface area contributed by atoms with Crippen LogP contribution in [0.1, 0.15) is 59.3 Å². The highest BCUT2D eigenvalue weighted by molar-refractivity contribution is 4.77. The average molecular weight is 248 g/mol. The van der Waals surface area contributed by atoms with Crippen molar-refractivity contribution in [3.05, 3.63) is 0 Å². The van der Waals surface area contributed by atoms with Crippen LogP contribution in [0, 0.1) is 0 Å². The molecule has 0 aliphatic rings. The number of aliphatic hydroxyl groups excluding tert-OH is 2. The molecule has 0 bridgehead atoms. The van der Waals surface area contributed by atoms with Crippen molar-refractivity contribution in [2.75, 3.05) is 0 Å². The molecule has 5 N–H and O–H groups in total. The molecule has 0 radical (unpaired) electrons. The summed E-state index contributed by atoms with van der Waals surface area (Å²) in [5, 5.41) is 30.1. The summed E-state index contributed by atoms with van der Waals surface area (Å²) in [7, 11) is 0. The van der Waals surface area contributed by atoms with Crippen LogP contribution in [0.25, 0.3) is 0 Å². The molecule has 17 heavy (non-hydrogen) atoms. The topological polar surface area (TPSA) is 90.0 Å². The second-order valence-electron chi connectivity index (χ2n) is 4.57. The molecule has 0 saturated heterocycles. The molecule has 0 rings (SSSR count). The SMILES string of the molecule is CCCC(O)N(C(O)CCC)C(N)(O)CCC. The van der Waals surface area contributed by atoms with Crippen LogP contribution in [0.4, 0.5) is 0 Å². The van der Waals surface area contributed by atoms with Gasteiger partial charge in [0.05, 0.1) is 0 Å². The quantitative estimate of drug-likeness (QED) is 0.456. The van der Waals surface area contributed by atoms with E-state index in [1.807, 2.05) is 20.8 Å². The fourth-order valence-electron chi connectivity index (χ4n) is 2.01. The molecule has 3 unspecified atom stereocenters. The number of hydrogen-bond donors (Lipinski definition) is 4. The van der Waals surface area contributed by atoms with Gasteiger partial charge in [-0.05, 0) is 12.8 Å². The van der Waals surface area contributed by atoms with Gasteiger partial charge in [-0.3, -0.25) is 5.73 Å². The van der Waals surface area contributed by atoms with E-state index >= 15 is 0 Å². The summed E-state index contributed by atoms with van der Waals surface area (Å²) in [6.45, 7) is 5.76. The minimum absolute atomic E-state index is 0.314. The molecule has 0 aromatic carbocycles. The minimum Gasteiger partial charge on any atom is -0.378 e. The molecule has 0 aromatic heterocycles. The monoisotopic (exact) mass is 248 g/mol. The lowest BCUT2D eigenvalue weighted by Crippen LogP contribution is -2.63. The molecule has 0 amide bonds. The van der Waals surface area contributed by atoms with E-state index in [1.54, 1.807) is 0 Å². The Balaban J connectivity index is 4.81. The van der Waals surface area contributed by atoms with Crippen molar-refractivity contribution in [2.24, 2.45) is 5.73 Å². The van der Waals surface area contributed by atoms with Gasteiger partial charge in [-0.25, -0.2) is 4.90 Å². The lowest BCUT2D eigenvalue weighted by atomic mass is 10.1. The molecule has 0 spiro atoms. The van der Waals surface area contributed by atoms with E-state index in [1.165, 1.54) is 4.90 Å². The maximum atomic E-state index is 10.2. The molecule has 104 valence electrons. The van der Waals surface area contributed by atoms with Crippen molar-refractivity contribution in [3.8, 4) is 0 Å². The first-order valence-electron chi connectivity index (χ1n) is 6.56. The highest BCUT2D eigenvalue weighted by Gasteiger charge is 2.37. The smallest absolute Gasteiger partial charge is 0.175 e. The Morgan fingerprint density at radius 3 is 1.71 bits per heavy atom. The molecule has 0 aromatic rings. The van der Waals surface area contributed by atoms with E-state index in [0.29, 0.717) is 25.7 Å². The van der Waals surface area contributed by atoms with E-state index in [2.05, 4.69) is 0 Å². The second kappa shape index (κ2) is 8.00. The fraction of sp³-hybridized carbons (Fsp3) is 1.00. The molecular formula is C12H28N2O3. The summed E-state index contributed by atoms with van der Waals surface area (Å²) in [6.07, 6.45) is 1.65. The van der Waals surface area contributed by atoms with Crippen LogP contribution >= 0.6 is 0 Å². The summed E-state index contributed by atoms with van der Waals surface area (Å²) >= 11 is 0. The van der Waals surface area contributed by atoms with Gasteiger partial charge in [-0.15, -0.1) is 0 Å².